The Bertz CT molecular complexity index is 968. The van der Waals surface area contributed by atoms with Crippen LogP contribution in [0.2, 0.25) is 0 Å². The molecule has 34 heavy (non-hydrogen) atoms. The summed E-state index contributed by atoms with van der Waals surface area (Å²) >= 11 is 0. The van der Waals surface area contributed by atoms with E-state index in [2.05, 4.69) is 5.32 Å². The summed E-state index contributed by atoms with van der Waals surface area (Å²) in [5.74, 6) is -0.728. The third-order valence-electron chi connectivity index (χ3n) is 5.47. The summed E-state index contributed by atoms with van der Waals surface area (Å²) in [4.78, 5) is 26.2. The van der Waals surface area contributed by atoms with Crippen LogP contribution in [-0.4, -0.2) is 43.0 Å². The molecule has 0 atom stereocenters. The molecule has 1 aliphatic rings. The van der Waals surface area contributed by atoms with Crippen molar-refractivity contribution in [1.29, 1.82) is 0 Å². The maximum absolute atomic E-state index is 13.0. The molecule has 0 unspecified atom stereocenters. The maximum Gasteiger partial charge on any atom is 0.416 e. The van der Waals surface area contributed by atoms with Gasteiger partial charge in [-0.1, -0.05) is 18.2 Å². The summed E-state index contributed by atoms with van der Waals surface area (Å²) in [6.07, 6.45) is -9.01. The van der Waals surface area contributed by atoms with E-state index in [1.807, 2.05) is 6.07 Å². The van der Waals surface area contributed by atoms with Crippen LogP contribution in [0.5, 0.6) is 5.75 Å². The van der Waals surface area contributed by atoms with Gasteiger partial charge in [0.15, 0.2) is 6.61 Å². The average molecular weight is 488 g/mol. The molecule has 0 aromatic heterocycles. The van der Waals surface area contributed by atoms with E-state index in [9.17, 15) is 35.9 Å². The molecule has 0 radical (unpaired) electrons. The quantitative estimate of drug-likeness (QED) is 0.596. The number of ether oxygens (including phenoxy) is 1. The van der Waals surface area contributed by atoms with Gasteiger partial charge in [0.2, 0.25) is 0 Å². The smallest absolute Gasteiger partial charge is 0.416 e. The summed E-state index contributed by atoms with van der Waals surface area (Å²) in [6, 6.07) is 9.61. The van der Waals surface area contributed by atoms with Gasteiger partial charge in [-0.2, -0.15) is 26.3 Å². The maximum atomic E-state index is 13.0. The van der Waals surface area contributed by atoms with Crippen LogP contribution in [-0.2, 0) is 17.1 Å². The lowest BCUT2D eigenvalue weighted by atomic mass is 9.96. The highest BCUT2D eigenvalue weighted by Gasteiger charge is 2.37. The lowest BCUT2D eigenvalue weighted by Gasteiger charge is -2.32. The number of piperidine rings is 1. The van der Waals surface area contributed by atoms with Crippen LogP contribution in [0.1, 0.15) is 34.3 Å². The molecule has 2 aromatic rings. The second-order valence-corrected chi connectivity index (χ2v) is 7.93. The van der Waals surface area contributed by atoms with Crippen molar-refractivity contribution in [3.8, 4) is 5.75 Å². The molecule has 0 spiro atoms. The van der Waals surface area contributed by atoms with Crippen molar-refractivity contribution in [3.05, 3.63) is 65.2 Å². The zero-order chi connectivity index (χ0) is 24.9. The first-order chi connectivity index (χ1) is 15.9. The number of nitrogens with zero attached hydrogens (tertiary/aromatic N) is 1. The van der Waals surface area contributed by atoms with E-state index < -0.39 is 35.0 Å². The standard InChI is InChI=1S/C23H22F6N2O3/c24-22(25,26)17-10-16(11-18(12-17)23(27,28)29)21(33)30-13-15-6-8-31(9-7-15)20(32)14-34-19-4-2-1-3-5-19/h1-5,10-12,15H,6-9,13-14H2,(H,30,33). The van der Waals surface area contributed by atoms with Crippen LogP contribution in [0.4, 0.5) is 26.3 Å². The Hall–Kier alpha value is -3.24. The third kappa shape index (κ3) is 6.88. The van der Waals surface area contributed by atoms with E-state index in [1.54, 1.807) is 29.2 Å². The molecule has 2 aromatic carbocycles. The lowest BCUT2D eigenvalue weighted by Crippen LogP contribution is -2.43. The number of nitrogens with one attached hydrogen (secondary N) is 1. The molecule has 1 N–H and O–H groups in total. The van der Waals surface area contributed by atoms with Crippen LogP contribution in [0.25, 0.3) is 0 Å². The second-order valence-electron chi connectivity index (χ2n) is 7.93. The van der Waals surface area contributed by atoms with E-state index >= 15 is 0 Å². The molecule has 5 nitrogen and oxygen atoms in total. The van der Waals surface area contributed by atoms with Gasteiger partial charge in [-0.25, -0.2) is 0 Å². The van der Waals surface area contributed by atoms with Crippen molar-refractivity contribution >= 4 is 11.8 Å². The molecule has 2 amide bonds. The predicted molar refractivity (Wildman–Crippen MR) is 110 cm³/mol. The molecular weight excluding hydrogens is 466 g/mol. The Balaban J connectivity index is 1.52. The van der Waals surface area contributed by atoms with Crippen LogP contribution in [0.3, 0.4) is 0 Å². The zero-order valence-corrected chi connectivity index (χ0v) is 17.9. The number of alkyl halides is 6. The summed E-state index contributed by atoms with van der Waals surface area (Å²) in [7, 11) is 0. The fourth-order valence-electron chi connectivity index (χ4n) is 3.56. The number of benzene rings is 2. The largest absolute Gasteiger partial charge is 0.484 e. The van der Waals surface area contributed by atoms with E-state index in [-0.39, 0.29) is 31.0 Å². The van der Waals surface area contributed by atoms with Crippen molar-refractivity contribution in [3.63, 3.8) is 0 Å². The molecule has 1 aliphatic heterocycles. The molecule has 184 valence electrons. The van der Waals surface area contributed by atoms with Gasteiger partial charge in [-0.3, -0.25) is 9.59 Å². The molecule has 0 aliphatic carbocycles. The highest BCUT2D eigenvalue weighted by molar-refractivity contribution is 5.94. The highest BCUT2D eigenvalue weighted by Crippen LogP contribution is 2.36. The third-order valence-corrected chi connectivity index (χ3v) is 5.47. The minimum atomic E-state index is -5.03. The first-order valence-electron chi connectivity index (χ1n) is 10.5. The number of hydrogen-bond acceptors (Lipinski definition) is 3. The molecule has 0 bridgehead atoms. The Morgan fingerprint density at radius 2 is 1.47 bits per heavy atom. The Kier molecular flexibility index (Phi) is 7.73. The van der Waals surface area contributed by atoms with Crippen LogP contribution >= 0.6 is 0 Å². The Labute approximate surface area is 191 Å². The van der Waals surface area contributed by atoms with Crippen molar-refractivity contribution in [2.24, 2.45) is 5.92 Å². The van der Waals surface area contributed by atoms with Gasteiger partial charge in [-0.05, 0) is 49.1 Å². The van der Waals surface area contributed by atoms with Gasteiger partial charge in [-0.15, -0.1) is 0 Å². The minimum Gasteiger partial charge on any atom is -0.484 e. The van der Waals surface area contributed by atoms with Crippen molar-refractivity contribution in [2.45, 2.75) is 25.2 Å². The van der Waals surface area contributed by atoms with Crippen molar-refractivity contribution in [1.82, 2.24) is 10.2 Å². The Morgan fingerprint density at radius 3 is 2.00 bits per heavy atom. The normalized spacial score (nSPS) is 15.2. The van der Waals surface area contributed by atoms with Gasteiger partial charge >= 0.3 is 12.4 Å². The summed E-state index contributed by atoms with van der Waals surface area (Å²) < 4.78 is 83.4. The molecule has 0 saturated carbocycles. The van der Waals surface area contributed by atoms with Crippen molar-refractivity contribution in [2.75, 3.05) is 26.2 Å². The number of likely N-dealkylation sites (tertiary alicyclic amines) is 1. The Morgan fingerprint density at radius 1 is 0.912 bits per heavy atom. The summed E-state index contributed by atoms with van der Waals surface area (Å²) in [6.45, 7) is 0.750. The van der Waals surface area contributed by atoms with Gasteiger partial charge in [0.25, 0.3) is 11.8 Å². The number of amides is 2. The molecule has 3 rings (SSSR count). The van der Waals surface area contributed by atoms with E-state index in [4.69, 9.17) is 4.74 Å². The number of carbonyl (C=O) groups excluding carboxylic acids is 2. The summed E-state index contributed by atoms with van der Waals surface area (Å²) in [5.41, 5.74) is -3.80. The van der Waals surface area contributed by atoms with Crippen LogP contribution < -0.4 is 10.1 Å². The number of carbonyl (C=O) groups is 2. The molecule has 1 saturated heterocycles. The average Bonchev–Trinajstić information content (AvgIpc) is 2.80. The minimum absolute atomic E-state index is 0.0228. The number of para-hydroxylation sites is 1. The van der Waals surface area contributed by atoms with Gasteiger partial charge < -0.3 is 15.0 Å². The van der Waals surface area contributed by atoms with Crippen LogP contribution in [0.15, 0.2) is 48.5 Å². The molecular formula is C23H22F6N2O3. The van der Waals surface area contributed by atoms with Crippen molar-refractivity contribution < 1.29 is 40.7 Å². The van der Waals surface area contributed by atoms with Gasteiger partial charge in [0.1, 0.15) is 5.75 Å². The molecule has 1 heterocycles. The number of halogens is 6. The predicted octanol–water partition coefficient (Wildman–Crippen LogP) is 4.77. The first kappa shape index (κ1) is 25.4. The van der Waals surface area contributed by atoms with E-state index in [0.717, 1.165) is 0 Å². The van der Waals surface area contributed by atoms with Gasteiger partial charge in [0, 0.05) is 25.2 Å². The summed E-state index contributed by atoms with van der Waals surface area (Å²) in [5, 5.41) is 2.41. The fraction of sp³-hybridized carbons (Fsp3) is 0.391. The molecule has 1 fully saturated rings. The number of rotatable bonds is 6. The lowest BCUT2D eigenvalue weighted by molar-refractivity contribution is -0.143. The SMILES string of the molecule is O=C(NCC1CCN(C(=O)COc2ccccc2)CC1)c1cc(C(F)(F)F)cc(C(F)(F)F)c1. The van der Waals surface area contributed by atoms with E-state index in [1.165, 1.54) is 0 Å². The highest BCUT2D eigenvalue weighted by atomic mass is 19.4. The zero-order valence-electron chi connectivity index (χ0n) is 17.9. The fourth-order valence-corrected chi connectivity index (χ4v) is 3.56. The topological polar surface area (TPSA) is 58.6 Å². The monoisotopic (exact) mass is 488 g/mol. The van der Waals surface area contributed by atoms with Gasteiger partial charge in [0.05, 0.1) is 11.1 Å². The number of hydrogen-bond donors (Lipinski definition) is 1. The second kappa shape index (κ2) is 10.4. The van der Waals surface area contributed by atoms with Crippen LogP contribution in [0, 0.1) is 5.92 Å². The molecule has 11 heteroatoms. The van der Waals surface area contributed by atoms with E-state index in [0.29, 0.717) is 43.8 Å². The first-order valence-corrected chi connectivity index (χ1v) is 10.5.